The van der Waals surface area contributed by atoms with Crippen LogP contribution in [0.3, 0.4) is 0 Å². The van der Waals surface area contributed by atoms with E-state index in [2.05, 4.69) is 21.2 Å². The zero-order valence-electron chi connectivity index (χ0n) is 10.4. The lowest BCUT2D eigenvalue weighted by atomic mass is 10.1. The minimum Gasteiger partial charge on any atom is -0.389 e. The summed E-state index contributed by atoms with van der Waals surface area (Å²) >= 11 is 15.7. The molecule has 1 aromatic carbocycles. The number of anilines is 1. The van der Waals surface area contributed by atoms with Crippen molar-refractivity contribution in [2.75, 3.05) is 5.32 Å². The molecule has 2 aromatic rings. The van der Waals surface area contributed by atoms with E-state index in [0.29, 0.717) is 21.2 Å². The van der Waals surface area contributed by atoms with E-state index in [1.54, 1.807) is 18.2 Å². The largest absolute Gasteiger partial charge is 0.389 e. The number of rotatable bonds is 3. The molecule has 2 rings (SSSR count). The molecule has 1 amide bonds. The van der Waals surface area contributed by atoms with Gasteiger partial charge in [0.25, 0.3) is 5.91 Å². The molecule has 1 heterocycles. The van der Waals surface area contributed by atoms with Gasteiger partial charge < -0.3 is 11.1 Å². The Morgan fingerprint density at radius 3 is 2.75 bits per heavy atom. The average molecular weight is 390 g/mol. The van der Waals surface area contributed by atoms with Gasteiger partial charge >= 0.3 is 0 Å². The first kappa shape index (κ1) is 15.4. The van der Waals surface area contributed by atoms with Crippen LogP contribution in [0.4, 0.5) is 5.69 Å². The van der Waals surface area contributed by atoms with E-state index in [1.165, 1.54) is 11.3 Å². The maximum Gasteiger partial charge on any atom is 0.267 e. The normalized spacial score (nSPS) is 10.3. The third-order valence-electron chi connectivity index (χ3n) is 2.60. The molecule has 0 aliphatic heterocycles. The molecule has 7 heteroatoms. The van der Waals surface area contributed by atoms with E-state index in [-0.39, 0.29) is 10.9 Å². The minimum absolute atomic E-state index is 0.218. The van der Waals surface area contributed by atoms with Crippen LogP contribution in [0.5, 0.6) is 0 Å². The van der Waals surface area contributed by atoms with Gasteiger partial charge in [-0.2, -0.15) is 0 Å². The Morgan fingerprint density at radius 2 is 2.20 bits per heavy atom. The smallest absolute Gasteiger partial charge is 0.267 e. The van der Waals surface area contributed by atoms with Crippen molar-refractivity contribution >= 4 is 67.7 Å². The monoisotopic (exact) mass is 388 g/mol. The summed E-state index contributed by atoms with van der Waals surface area (Å²) in [7, 11) is 0. The number of thiophene rings is 1. The molecule has 0 aliphatic rings. The highest BCUT2D eigenvalue weighted by Crippen LogP contribution is 2.29. The van der Waals surface area contributed by atoms with E-state index >= 15 is 0 Å². The van der Waals surface area contributed by atoms with Crippen molar-refractivity contribution in [1.82, 2.24) is 0 Å². The molecule has 0 atom stereocenters. The molecular formula is C13H10BrClN2OS2. The fourth-order valence-electron chi connectivity index (χ4n) is 1.59. The van der Waals surface area contributed by atoms with Crippen molar-refractivity contribution in [3.8, 4) is 0 Å². The molecule has 3 nitrogen and oxygen atoms in total. The molecule has 20 heavy (non-hydrogen) atoms. The molecule has 0 fully saturated rings. The fraction of sp³-hybridized carbons (Fsp3) is 0.0769. The first-order valence-corrected chi connectivity index (χ1v) is 8.00. The first-order chi connectivity index (χ1) is 9.40. The quantitative estimate of drug-likeness (QED) is 0.767. The Morgan fingerprint density at radius 1 is 1.50 bits per heavy atom. The van der Waals surface area contributed by atoms with Crippen molar-refractivity contribution in [3.63, 3.8) is 0 Å². The molecule has 0 unspecified atom stereocenters. The molecule has 3 N–H and O–H groups in total. The number of hydrogen-bond acceptors (Lipinski definition) is 3. The summed E-state index contributed by atoms with van der Waals surface area (Å²) in [6.45, 7) is 1.86. The second kappa shape index (κ2) is 6.22. The Hall–Kier alpha value is -0.950. The number of nitrogens with two attached hydrogens (primary N) is 1. The van der Waals surface area contributed by atoms with Crippen LogP contribution in [0.25, 0.3) is 0 Å². The zero-order chi connectivity index (χ0) is 14.9. The predicted molar refractivity (Wildman–Crippen MR) is 92.0 cm³/mol. The maximum absolute atomic E-state index is 12.2. The Balaban J connectivity index is 2.33. The molecule has 0 bridgehead atoms. The Bertz CT molecular complexity index is 700. The molecule has 0 saturated carbocycles. The SMILES string of the molecule is Cc1csc(C(=O)Nc2ccc(Br)cc2C(N)=S)c1Cl. The van der Waals surface area contributed by atoms with Crippen molar-refractivity contribution in [3.05, 3.63) is 49.1 Å². The summed E-state index contributed by atoms with van der Waals surface area (Å²) in [5, 5.41) is 5.10. The van der Waals surface area contributed by atoms with Gasteiger partial charge in [-0.05, 0) is 36.1 Å². The van der Waals surface area contributed by atoms with Crippen LogP contribution in [0.15, 0.2) is 28.1 Å². The molecule has 0 saturated heterocycles. The van der Waals surface area contributed by atoms with Gasteiger partial charge in [0.2, 0.25) is 0 Å². The summed E-state index contributed by atoms with van der Waals surface area (Å²) < 4.78 is 0.836. The third-order valence-corrected chi connectivity index (χ3v) is 5.01. The lowest BCUT2D eigenvalue weighted by molar-refractivity contribution is 0.103. The molecule has 104 valence electrons. The van der Waals surface area contributed by atoms with Gasteiger partial charge in [0.05, 0.1) is 10.7 Å². The van der Waals surface area contributed by atoms with Crippen LogP contribution in [0, 0.1) is 6.92 Å². The van der Waals surface area contributed by atoms with Crippen LogP contribution in [0.1, 0.15) is 20.8 Å². The van der Waals surface area contributed by atoms with Crippen LogP contribution in [0.2, 0.25) is 5.02 Å². The highest BCUT2D eigenvalue weighted by atomic mass is 79.9. The van der Waals surface area contributed by atoms with Gasteiger partial charge in [0.15, 0.2) is 0 Å². The highest BCUT2D eigenvalue weighted by molar-refractivity contribution is 9.10. The molecule has 0 radical (unpaired) electrons. The lowest BCUT2D eigenvalue weighted by Gasteiger charge is -2.10. The van der Waals surface area contributed by atoms with Gasteiger partial charge in [-0.15, -0.1) is 11.3 Å². The van der Waals surface area contributed by atoms with E-state index < -0.39 is 0 Å². The van der Waals surface area contributed by atoms with Crippen LogP contribution >= 0.6 is 51.1 Å². The van der Waals surface area contributed by atoms with Crippen LogP contribution in [-0.4, -0.2) is 10.9 Å². The number of amides is 1. The summed E-state index contributed by atoms with van der Waals surface area (Å²) in [6, 6.07) is 5.31. The Labute approximate surface area is 139 Å². The Kier molecular flexibility index (Phi) is 4.80. The number of halogens is 2. The fourth-order valence-corrected chi connectivity index (χ4v) is 3.30. The van der Waals surface area contributed by atoms with E-state index in [4.69, 9.17) is 29.6 Å². The number of aryl methyl sites for hydroxylation is 1. The lowest BCUT2D eigenvalue weighted by Crippen LogP contribution is -2.17. The molecule has 0 aliphatic carbocycles. The summed E-state index contributed by atoms with van der Waals surface area (Å²) in [4.78, 5) is 12.9. The molecule has 1 aromatic heterocycles. The van der Waals surface area contributed by atoms with Gasteiger partial charge in [-0.3, -0.25) is 4.79 Å². The topological polar surface area (TPSA) is 55.1 Å². The van der Waals surface area contributed by atoms with Gasteiger partial charge in [-0.1, -0.05) is 39.7 Å². The minimum atomic E-state index is -0.270. The van der Waals surface area contributed by atoms with Gasteiger partial charge in [-0.25, -0.2) is 0 Å². The molecule has 0 spiro atoms. The van der Waals surface area contributed by atoms with Crippen LogP contribution in [-0.2, 0) is 0 Å². The summed E-state index contributed by atoms with van der Waals surface area (Å²) in [5.74, 6) is -0.270. The second-order valence-corrected chi connectivity index (χ2v) is 6.68. The van der Waals surface area contributed by atoms with Crippen molar-refractivity contribution in [2.45, 2.75) is 6.92 Å². The number of carbonyl (C=O) groups is 1. The van der Waals surface area contributed by atoms with E-state index in [1.807, 2.05) is 12.3 Å². The number of benzene rings is 1. The predicted octanol–water partition coefficient (Wildman–Crippen LogP) is 4.36. The maximum atomic E-state index is 12.2. The van der Waals surface area contributed by atoms with Crippen molar-refractivity contribution in [2.24, 2.45) is 5.73 Å². The summed E-state index contributed by atoms with van der Waals surface area (Å²) in [5.41, 5.74) is 7.72. The van der Waals surface area contributed by atoms with Gasteiger partial charge in [0.1, 0.15) is 9.87 Å². The van der Waals surface area contributed by atoms with Crippen molar-refractivity contribution < 1.29 is 4.79 Å². The summed E-state index contributed by atoms with van der Waals surface area (Å²) in [6.07, 6.45) is 0. The third kappa shape index (κ3) is 3.20. The number of carbonyl (C=O) groups excluding carboxylic acids is 1. The number of nitrogens with one attached hydrogen (secondary N) is 1. The number of hydrogen-bond donors (Lipinski definition) is 2. The van der Waals surface area contributed by atoms with Crippen molar-refractivity contribution in [1.29, 1.82) is 0 Å². The standard InChI is InChI=1S/C13H10BrClN2OS2/c1-6-5-20-11(10(6)15)13(18)17-9-3-2-7(14)4-8(9)12(16)19/h2-5H,1H3,(H2,16,19)(H,17,18). The highest BCUT2D eigenvalue weighted by Gasteiger charge is 2.16. The van der Waals surface area contributed by atoms with Gasteiger partial charge in [0, 0.05) is 10.0 Å². The van der Waals surface area contributed by atoms with E-state index in [0.717, 1.165) is 10.0 Å². The first-order valence-electron chi connectivity index (χ1n) is 5.54. The zero-order valence-corrected chi connectivity index (χ0v) is 14.3. The second-order valence-electron chi connectivity index (χ2n) is 4.07. The van der Waals surface area contributed by atoms with E-state index in [9.17, 15) is 4.79 Å². The number of thiocarbonyl (C=S) groups is 1. The molecular weight excluding hydrogens is 380 g/mol. The average Bonchev–Trinajstić information content (AvgIpc) is 2.72. The van der Waals surface area contributed by atoms with Crippen LogP contribution < -0.4 is 11.1 Å².